The number of rotatable bonds is 7. The van der Waals surface area contributed by atoms with Crippen molar-refractivity contribution in [3.8, 4) is 0 Å². The smallest absolute Gasteiger partial charge is 0.171 e. The molecule has 0 spiro atoms. The zero-order chi connectivity index (χ0) is 13.8. The fraction of sp³-hybridized carbons (Fsp3) is 0.769. The largest absolute Gasteiger partial charge is 0.368 e. The lowest BCUT2D eigenvalue weighted by atomic mass is 10.0. The number of aromatic nitrogens is 3. The van der Waals surface area contributed by atoms with Crippen molar-refractivity contribution in [2.75, 3.05) is 6.61 Å². The van der Waals surface area contributed by atoms with Crippen LogP contribution in [0.2, 0.25) is 0 Å². The Morgan fingerprint density at radius 3 is 2.72 bits per heavy atom. The number of nitrogens with zero attached hydrogens (tertiary/aromatic N) is 3. The van der Waals surface area contributed by atoms with Crippen LogP contribution in [0.15, 0.2) is 6.33 Å². The van der Waals surface area contributed by atoms with Crippen molar-refractivity contribution < 1.29 is 9.53 Å². The quantitative estimate of drug-likeness (QED) is 0.744. The van der Waals surface area contributed by atoms with Crippen LogP contribution in [-0.2, 0) is 22.5 Å². The minimum absolute atomic E-state index is 0.0300. The number of carbonyl (C=O) groups is 1. The Hall–Kier alpha value is -1.23. The van der Waals surface area contributed by atoms with Gasteiger partial charge in [-0.05, 0) is 26.7 Å². The lowest BCUT2D eigenvalue weighted by Gasteiger charge is -2.22. The number of carbonyl (C=O) groups excluding carboxylic acids is 1. The Bertz CT molecular complexity index is 397. The van der Waals surface area contributed by atoms with Crippen molar-refractivity contribution in [2.24, 2.45) is 5.92 Å². The van der Waals surface area contributed by atoms with E-state index in [-0.39, 0.29) is 12.2 Å². The molecule has 0 N–H and O–H groups in total. The van der Waals surface area contributed by atoms with Crippen LogP contribution in [0.4, 0.5) is 0 Å². The average molecular weight is 253 g/mol. The molecule has 0 fully saturated rings. The molecule has 0 radical (unpaired) electrons. The molecule has 0 aliphatic rings. The van der Waals surface area contributed by atoms with Crippen LogP contribution < -0.4 is 0 Å². The highest BCUT2D eigenvalue weighted by molar-refractivity contribution is 5.87. The van der Waals surface area contributed by atoms with Gasteiger partial charge in [0.1, 0.15) is 17.8 Å². The van der Waals surface area contributed by atoms with E-state index in [0.29, 0.717) is 18.3 Å². The molecule has 0 saturated heterocycles. The Morgan fingerprint density at radius 2 is 2.17 bits per heavy atom. The van der Waals surface area contributed by atoms with Crippen molar-refractivity contribution in [1.82, 2.24) is 14.8 Å². The third-order valence-corrected chi connectivity index (χ3v) is 2.73. The molecule has 0 aromatic carbocycles. The molecule has 0 aliphatic heterocycles. The maximum Gasteiger partial charge on any atom is 0.171 e. The van der Waals surface area contributed by atoms with Crippen molar-refractivity contribution in [2.45, 2.75) is 53.2 Å². The molecule has 1 heterocycles. The summed E-state index contributed by atoms with van der Waals surface area (Å²) >= 11 is 0. The van der Waals surface area contributed by atoms with E-state index in [2.05, 4.69) is 23.9 Å². The third kappa shape index (κ3) is 3.91. The molecule has 1 aromatic heterocycles. The van der Waals surface area contributed by atoms with Crippen molar-refractivity contribution in [3.05, 3.63) is 12.2 Å². The van der Waals surface area contributed by atoms with Crippen LogP contribution in [0.25, 0.3) is 0 Å². The Balaban J connectivity index is 2.73. The predicted molar refractivity (Wildman–Crippen MR) is 69.3 cm³/mol. The van der Waals surface area contributed by atoms with E-state index in [9.17, 15) is 4.79 Å². The Morgan fingerprint density at radius 1 is 1.50 bits per heavy atom. The van der Waals surface area contributed by atoms with Gasteiger partial charge in [0.05, 0.1) is 6.42 Å². The maximum absolute atomic E-state index is 12.2. The second kappa shape index (κ2) is 6.09. The zero-order valence-electron chi connectivity index (χ0n) is 11.9. The van der Waals surface area contributed by atoms with Gasteiger partial charge in [-0.15, -0.1) is 0 Å². The van der Waals surface area contributed by atoms with Gasteiger partial charge in [-0.25, -0.2) is 9.67 Å². The number of hydrogen-bond acceptors (Lipinski definition) is 4. The number of ketones is 1. The lowest BCUT2D eigenvalue weighted by molar-refractivity contribution is -0.139. The van der Waals surface area contributed by atoms with Gasteiger partial charge in [-0.1, -0.05) is 13.8 Å². The summed E-state index contributed by atoms with van der Waals surface area (Å²) in [5.74, 6) is 1.21. The molecule has 1 rings (SSSR count). The molecule has 0 bridgehead atoms. The summed E-state index contributed by atoms with van der Waals surface area (Å²) in [6, 6.07) is 0. The summed E-state index contributed by atoms with van der Waals surface area (Å²) in [6.07, 6.45) is 1.76. The first-order valence-electron chi connectivity index (χ1n) is 6.40. The first-order valence-corrected chi connectivity index (χ1v) is 6.40. The standard InChI is InChI=1S/C13H23N3O2/c1-6-18-13(4,5)11(17)7-12-14-9-15-16(12)8-10(2)3/h9-10H,6-8H2,1-5H3. The summed E-state index contributed by atoms with van der Waals surface area (Å²) < 4.78 is 7.25. The second-order valence-electron chi connectivity index (χ2n) is 5.30. The lowest BCUT2D eigenvalue weighted by Crippen LogP contribution is -2.37. The molecule has 0 atom stereocenters. The molecule has 102 valence electrons. The van der Waals surface area contributed by atoms with E-state index in [1.807, 2.05) is 6.92 Å². The van der Waals surface area contributed by atoms with Crippen LogP contribution >= 0.6 is 0 Å². The summed E-state index contributed by atoms with van der Waals surface area (Å²) in [6.45, 7) is 11.0. The average Bonchev–Trinajstić information content (AvgIpc) is 2.64. The molecular weight excluding hydrogens is 230 g/mol. The molecule has 5 heteroatoms. The van der Waals surface area contributed by atoms with Gasteiger partial charge in [0.2, 0.25) is 0 Å². The van der Waals surface area contributed by atoms with Gasteiger partial charge in [0.25, 0.3) is 0 Å². The van der Waals surface area contributed by atoms with E-state index in [1.165, 1.54) is 6.33 Å². The van der Waals surface area contributed by atoms with Gasteiger partial charge in [0, 0.05) is 13.2 Å². The van der Waals surface area contributed by atoms with Gasteiger partial charge in [-0.2, -0.15) is 5.10 Å². The topological polar surface area (TPSA) is 57.0 Å². The zero-order valence-corrected chi connectivity index (χ0v) is 11.9. The van der Waals surface area contributed by atoms with E-state index in [0.717, 1.165) is 6.54 Å². The number of ether oxygens (including phenoxy) is 1. The molecule has 18 heavy (non-hydrogen) atoms. The predicted octanol–water partition coefficient (Wildman–Crippen LogP) is 1.86. The number of Topliss-reactive ketones (excluding diaryl/α,β-unsaturated/α-hetero) is 1. The summed E-state index contributed by atoms with van der Waals surface area (Å²) in [5, 5.41) is 4.15. The van der Waals surface area contributed by atoms with E-state index >= 15 is 0 Å². The van der Waals surface area contributed by atoms with Crippen LogP contribution in [0.1, 0.15) is 40.4 Å². The van der Waals surface area contributed by atoms with Crippen LogP contribution in [-0.4, -0.2) is 32.8 Å². The third-order valence-electron chi connectivity index (χ3n) is 2.73. The Labute approximate surface area is 109 Å². The first kappa shape index (κ1) is 14.8. The first-order chi connectivity index (χ1) is 8.36. The molecule has 0 saturated carbocycles. The monoisotopic (exact) mass is 253 g/mol. The molecule has 0 amide bonds. The fourth-order valence-electron chi connectivity index (χ4n) is 1.72. The van der Waals surface area contributed by atoms with Crippen molar-refractivity contribution in [3.63, 3.8) is 0 Å². The van der Waals surface area contributed by atoms with Crippen LogP contribution in [0.5, 0.6) is 0 Å². The SMILES string of the molecule is CCOC(C)(C)C(=O)Cc1ncnn1CC(C)C. The number of hydrogen-bond donors (Lipinski definition) is 0. The maximum atomic E-state index is 12.2. The minimum atomic E-state index is -0.761. The van der Waals surface area contributed by atoms with E-state index < -0.39 is 5.60 Å². The van der Waals surface area contributed by atoms with E-state index in [4.69, 9.17) is 4.74 Å². The normalized spacial score (nSPS) is 12.1. The molecule has 0 aliphatic carbocycles. The minimum Gasteiger partial charge on any atom is -0.368 e. The highest BCUT2D eigenvalue weighted by Gasteiger charge is 2.29. The second-order valence-corrected chi connectivity index (χ2v) is 5.30. The molecular formula is C13H23N3O2. The van der Waals surface area contributed by atoms with Crippen LogP contribution in [0, 0.1) is 5.92 Å². The van der Waals surface area contributed by atoms with Crippen LogP contribution in [0.3, 0.4) is 0 Å². The highest BCUT2D eigenvalue weighted by Crippen LogP contribution is 2.14. The molecule has 5 nitrogen and oxygen atoms in total. The van der Waals surface area contributed by atoms with Crippen molar-refractivity contribution in [1.29, 1.82) is 0 Å². The fourth-order valence-corrected chi connectivity index (χ4v) is 1.72. The summed E-state index contributed by atoms with van der Waals surface area (Å²) in [7, 11) is 0. The summed E-state index contributed by atoms with van der Waals surface area (Å²) in [4.78, 5) is 16.3. The molecule has 0 unspecified atom stereocenters. The molecule has 1 aromatic rings. The van der Waals surface area contributed by atoms with Gasteiger partial charge in [0.15, 0.2) is 5.78 Å². The summed E-state index contributed by atoms with van der Waals surface area (Å²) in [5.41, 5.74) is -0.761. The Kier molecular flexibility index (Phi) is 5.02. The van der Waals surface area contributed by atoms with Crippen molar-refractivity contribution >= 4 is 5.78 Å². The van der Waals surface area contributed by atoms with Gasteiger partial charge in [-0.3, -0.25) is 4.79 Å². The highest BCUT2D eigenvalue weighted by atomic mass is 16.5. The van der Waals surface area contributed by atoms with E-state index in [1.54, 1.807) is 18.5 Å². The van der Waals surface area contributed by atoms with Gasteiger partial charge >= 0.3 is 0 Å². The van der Waals surface area contributed by atoms with Gasteiger partial charge < -0.3 is 4.74 Å².